The van der Waals surface area contributed by atoms with Crippen molar-refractivity contribution in [2.75, 3.05) is 24.6 Å². The summed E-state index contributed by atoms with van der Waals surface area (Å²) >= 11 is 7.63. The Balaban J connectivity index is 2.43. The van der Waals surface area contributed by atoms with Crippen LogP contribution in [-0.4, -0.2) is 40.8 Å². The van der Waals surface area contributed by atoms with Crippen molar-refractivity contribution in [3.05, 3.63) is 0 Å². The number of carbonyl (C=O) groups is 1. The van der Waals surface area contributed by atoms with Crippen molar-refractivity contribution in [3.63, 3.8) is 0 Å². The summed E-state index contributed by atoms with van der Waals surface area (Å²) in [7, 11) is 0. The summed E-state index contributed by atoms with van der Waals surface area (Å²) in [5.74, 6) is 2.30. The molecule has 70 valence electrons. The summed E-state index contributed by atoms with van der Waals surface area (Å²) in [6.07, 6.45) is 1.10. The highest BCUT2D eigenvalue weighted by Crippen LogP contribution is 2.12. The van der Waals surface area contributed by atoms with E-state index in [9.17, 15) is 4.79 Å². The van der Waals surface area contributed by atoms with Gasteiger partial charge < -0.3 is 4.90 Å². The van der Waals surface area contributed by atoms with Crippen LogP contribution in [0.25, 0.3) is 0 Å². The molecule has 0 aromatic heterocycles. The molecule has 0 aliphatic carbocycles. The maximum absolute atomic E-state index is 11.4. The molecule has 1 unspecified atom stereocenters. The molecule has 0 aromatic rings. The number of rotatable bonds is 1. The molecule has 0 radical (unpaired) electrons. The molecule has 0 aromatic carbocycles. The maximum Gasteiger partial charge on any atom is 0.240 e. The molecule has 1 aliphatic rings. The van der Waals surface area contributed by atoms with E-state index in [4.69, 9.17) is 11.6 Å². The van der Waals surface area contributed by atoms with Gasteiger partial charge in [0, 0.05) is 18.8 Å². The number of nitrogens with zero attached hydrogens (tertiary/aromatic N) is 1. The average molecular weight is 208 g/mol. The Hall–Kier alpha value is 0.110. The highest BCUT2D eigenvalue weighted by molar-refractivity contribution is 7.99. The number of halogens is 1. The van der Waals surface area contributed by atoms with E-state index in [1.165, 1.54) is 5.75 Å². The minimum atomic E-state index is -0.368. The molecule has 1 heterocycles. The Kier molecular flexibility index (Phi) is 4.22. The van der Waals surface area contributed by atoms with E-state index in [1.54, 1.807) is 6.92 Å². The van der Waals surface area contributed by atoms with Gasteiger partial charge in [-0.25, -0.2) is 0 Å². The fourth-order valence-corrected chi connectivity index (χ4v) is 2.24. The first-order chi connectivity index (χ1) is 5.72. The van der Waals surface area contributed by atoms with E-state index < -0.39 is 0 Å². The first kappa shape index (κ1) is 10.2. The summed E-state index contributed by atoms with van der Waals surface area (Å²) in [4.78, 5) is 13.3. The highest BCUT2D eigenvalue weighted by atomic mass is 35.5. The van der Waals surface area contributed by atoms with Gasteiger partial charge in [0.2, 0.25) is 5.91 Å². The second-order valence-corrected chi connectivity index (χ2v) is 4.79. The lowest BCUT2D eigenvalue weighted by molar-refractivity contribution is -0.130. The van der Waals surface area contributed by atoms with Crippen molar-refractivity contribution in [1.29, 1.82) is 0 Å². The second kappa shape index (κ2) is 4.97. The van der Waals surface area contributed by atoms with E-state index in [2.05, 4.69) is 0 Å². The van der Waals surface area contributed by atoms with E-state index in [0.29, 0.717) is 0 Å². The Morgan fingerprint density at radius 3 is 2.92 bits per heavy atom. The van der Waals surface area contributed by atoms with Crippen molar-refractivity contribution < 1.29 is 4.79 Å². The minimum Gasteiger partial charge on any atom is -0.341 e. The fourth-order valence-electron chi connectivity index (χ4n) is 1.22. The molecular formula is C8H14ClNOS. The smallest absolute Gasteiger partial charge is 0.240 e. The predicted octanol–water partition coefficient (Wildman–Crippen LogP) is 1.58. The third kappa shape index (κ3) is 2.87. The molecule has 1 rings (SSSR count). The van der Waals surface area contributed by atoms with Gasteiger partial charge in [-0.1, -0.05) is 0 Å². The standard InChI is InChI=1S/C8H14ClNOS/c1-7(9)8(11)10-3-2-5-12-6-4-10/h7H,2-6H2,1H3. The monoisotopic (exact) mass is 207 g/mol. The summed E-state index contributed by atoms with van der Waals surface area (Å²) in [5.41, 5.74) is 0. The van der Waals surface area contributed by atoms with Crippen LogP contribution in [0.3, 0.4) is 0 Å². The van der Waals surface area contributed by atoms with Gasteiger partial charge in [0.1, 0.15) is 5.38 Å². The summed E-state index contributed by atoms with van der Waals surface area (Å²) in [5, 5.41) is -0.368. The van der Waals surface area contributed by atoms with Crippen LogP contribution in [0.2, 0.25) is 0 Å². The molecule has 0 N–H and O–H groups in total. The van der Waals surface area contributed by atoms with Gasteiger partial charge in [0.05, 0.1) is 0 Å². The molecule has 1 saturated heterocycles. The van der Waals surface area contributed by atoms with E-state index in [1.807, 2.05) is 16.7 Å². The predicted molar refractivity (Wildman–Crippen MR) is 53.8 cm³/mol. The van der Waals surface area contributed by atoms with Crippen molar-refractivity contribution in [2.24, 2.45) is 0 Å². The summed E-state index contributed by atoms with van der Waals surface area (Å²) in [6, 6.07) is 0. The van der Waals surface area contributed by atoms with Gasteiger partial charge in [0.15, 0.2) is 0 Å². The van der Waals surface area contributed by atoms with Gasteiger partial charge in [-0.2, -0.15) is 11.8 Å². The minimum absolute atomic E-state index is 0.0826. The largest absolute Gasteiger partial charge is 0.341 e. The molecule has 0 bridgehead atoms. The number of carbonyl (C=O) groups excluding carboxylic acids is 1. The van der Waals surface area contributed by atoms with Crippen molar-refractivity contribution >= 4 is 29.3 Å². The van der Waals surface area contributed by atoms with E-state index >= 15 is 0 Å². The van der Waals surface area contributed by atoms with E-state index in [0.717, 1.165) is 25.3 Å². The Morgan fingerprint density at radius 2 is 2.25 bits per heavy atom. The first-order valence-electron chi connectivity index (χ1n) is 4.22. The zero-order valence-electron chi connectivity index (χ0n) is 7.25. The van der Waals surface area contributed by atoms with Crippen LogP contribution in [0, 0.1) is 0 Å². The van der Waals surface area contributed by atoms with Crippen LogP contribution >= 0.6 is 23.4 Å². The molecular weight excluding hydrogens is 194 g/mol. The van der Waals surface area contributed by atoms with Crippen LogP contribution in [0.15, 0.2) is 0 Å². The zero-order chi connectivity index (χ0) is 8.97. The van der Waals surface area contributed by atoms with Crippen LogP contribution in [-0.2, 0) is 4.79 Å². The van der Waals surface area contributed by atoms with Crippen LogP contribution in [0.5, 0.6) is 0 Å². The number of thioether (sulfide) groups is 1. The third-order valence-corrected chi connectivity index (χ3v) is 3.11. The molecule has 4 heteroatoms. The number of amides is 1. The lowest BCUT2D eigenvalue weighted by Crippen LogP contribution is -2.37. The average Bonchev–Trinajstić information content (AvgIpc) is 2.30. The zero-order valence-corrected chi connectivity index (χ0v) is 8.83. The lowest BCUT2D eigenvalue weighted by atomic mass is 10.3. The Morgan fingerprint density at radius 1 is 1.50 bits per heavy atom. The molecule has 1 fully saturated rings. The van der Waals surface area contributed by atoms with Crippen LogP contribution in [0.4, 0.5) is 0 Å². The topological polar surface area (TPSA) is 20.3 Å². The van der Waals surface area contributed by atoms with Crippen molar-refractivity contribution in [3.8, 4) is 0 Å². The van der Waals surface area contributed by atoms with Gasteiger partial charge in [-0.3, -0.25) is 4.79 Å². The Labute approximate surface area is 82.6 Å². The molecule has 2 nitrogen and oxygen atoms in total. The molecule has 1 aliphatic heterocycles. The number of alkyl halides is 1. The van der Waals surface area contributed by atoms with Crippen molar-refractivity contribution in [1.82, 2.24) is 4.90 Å². The summed E-state index contributed by atoms with van der Waals surface area (Å²) in [6.45, 7) is 3.48. The lowest BCUT2D eigenvalue weighted by Gasteiger charge is -2.20. The Bertz CT molecular complexity index is 155. The fraction of sp³-hybridized carbons (Fsp3) is 0.875. The van der Waals surface area contributed by atoms with Gasteiger partial charge >= 0.3 is 0 Å². The first-order valence-corrected chi connectivity index (χ1v) is 5.81. The van der Waals surface area contributed by atoms with Crippen molar-refractivity contribution in [2.45, 2.75) is 18.7 Å². The molecule has 0 saturated carbocycles. The van der Waals surface area contributed by atoms with Gasteiger partial charge in [-0.15, -0.1) is 11.6 Å². The molecule has 12 heavy (non-hydrogen) atoms. The highest BCUT2D eigenvalue weighted by Gasteiger charge is 2.19. The molecule has 1 amide bonds. The normalized spacial score (nSPS) is 21.7. The number of hydrogen-bond acceptors (Lipinski definition) is 2. The van der Waals surface area contributed by atoms with E-state index in [-0.39, 0.29) is 11.3 Å². The van der Waals surface area contributed by atoms with Crippen LogP contribution in [0.1, 0.15) is 13.3 Å². The van der Waals surface area contributed by atoms with Gasteiger partial charge in [-0.05, 0) is 19.1 Å². The SMILES string of the molecule is CC(Cl)C(=O)N1CCCSCC1. The quantitative estimate of drug-likeness (QED) is 0.609. The molecule has 1 atom stereocenters. The maximum atomic E-state index is 11.4. The van der Waals surface area contributed by atoms with Gasteiger partial charge in [0.25, 0.3) is 0 Å². The number of hydrogen-bond donors (Lipinski definition) is 0. The third-order valence-electron chi connectivity index (χ3n) is 1.87. The summed E-state index contributed by atoms with van der Waals surface area (Å²) < 4.78 is 0. The van der Waals surface area contributed by atoms with Crippen LogP contribution < -0.4 is 0 Å². The molecule has 0 spiro atoms. The second-order valence-electron chi connectivity index (χ2n) is 2.91.